The fourth-order valence-electron chi connectivity index (χ4n) is 2.34. The second-order valence-corrected chi connectivity index (χ2v) is 4.80. The van der Waals surface area contributed by atoms with E-state index in [-0.39, 0.29) is 5.97 Å². The van der Waals surface area contributed by atoms with Crippen molar-refractivity contribution in [1.29, 1.82) is 0 Å². The lowest BCUT2D eigenvalue weighted by atomic mass is 10.0. The highest BCUT2D eigenvalue weighted by Gasteiger charge is 2.31. The van der Waals surface area contributed by atoms with Gasteiger partial charge in [0.25, 0.3) is 0 Å². The van der Waals surface area contributed by atoms with Gasteiger partial charge in [0.15, 0.2) is 0 Å². The van der Waals surface area contributed by atoms with Gasteiger partial charge in [-0.05, 0) is 37.3 Å². The molecule has 0 unspecified atom stereocenters. The van der Waals surface area contributed by atoms with Crippen LogP contribution in [0.4, 0.5) is 0 Å². The number of ether oxygens (including phenoxy) is 2. The second kappa shape index (κ2) is 5.07. The molecule has 1 saturated carbocycles. The van der Waals surface area contributed by atoms with Gasteiger partial charge < -0.3 is 9.47 Å². The zero-order valence-electron chi connectivity index (χ0n) is 11.5. The molecule has 2 heterocycles. The molecule has 2 aromatic heterocycles. The van der Waals surface area contributed by atoms with Crippen LogP contribution >= 0.6 is 0 Å². The standard InChI is InChI=1S/C15H16N2O3/c1-3-20-15(18)10-8-16-11-6-7-12(19-2)17-14(11)13(10)9-4-5-9/h6-9H,3-5H2,1-2H3. The highest BCUT2D eigenvalue weighted by molar-refractivity contribution is 5.96. The number of hydrogen-bond donors (Lipinski definition) is 0. The maximum atomic E-state index is 12.1. The van der Waals surface area contributed by atoms with Crippen molar-refractivity contribution in [3.8, 4) is 5.88 Å². The molecule has 0 aliphatic heterocycles. The molecule has 0 amide bonds. The molecule has 1 fully saturated rings. The van der Waals surface area contributed by atoms with E-state index in [0.29, 0.717) is 24.0 Å². The van der Waals surface area contributed by atoms with Crippen molar-refractivity contribution < 1.29 is 14.3 Å². The Morgan fingerprint density at radius 1 is 1.40 bits per heavy atom. The molecular weight excluding hydrogens is 256 g/mol. The molecule has 0 bridgehead atoms. The van der Waals surface area contributed by atoms with Crippen molar-refractivity contribution >= 4 is 17.0 Å². The summed E-state index contributed by atoms with van der Waals surface area (Å²) >= 11 is 0. The van der Waals surface area contributed by atoms with Crippen LogP contribution in [0.25, 0.3) is 11.0 Å². The molecule has 20 heavy (non-hydrogen) atoms. The van der Waals surface area contributed by atoms with Gasteiger partial charge in [-0.1, -0.05) is 0 Å². The first kappa shape index (κ1) is 12.8. The van der Waals surface area contributed by atoms with Crippen molar-refractivity contribution in [3.63, 3.8) is 0 Å². The van der Waals surface area contributed by atoms with Crippen LogP contribution in [0, 0.1) is 0 Å². The summed E-state index contributed by atoms with van der Waals surface area (Å²) in [6.07, 6.45) is 3.75. The Bertz CT molecular complexity index is 665. The van der Waals surface area contributed by atoms with Crippen molar-refractivity contribution in [3.05, 3.63) is 29.5 Å². The van der Waals surface area contributed by atoms with Gasteiger partial charge in [0.2, 0.25) is 5.88 Å². The maximum absolute atomic E-state index is 12.1. The zero-order chi connectivity index (χ0) is 14.1. The van der Waals surface area contributed by atoms with Crippen LogP contribution in [0.15, 0.2) is 18.3 Å². The number of hydrogen-bond acceptors (Lipinski definition) is 5. The molecule has 104 valence electrons. The van der Waals surface area contributed by atoms with Crippen LogP contribution in [0.1, 0.15) is 41.6 Å². The van der Waals surface area contributed by atoms with Crippen LogP contribution in [-0.4, -0.2) is 29.7 Å². The Hall–Kier alpha value is -2.17. The van der Waals surface area contributed by atoms with Crippen LogP contribution in [0.3, 0.4) is 0 Å². The van der Waals surface area contributed by atoms with Crippen LogP contribution < -0.4 is 4.74 Å². The summed E-state index contributed by atoms with van der Waals surface area (Å²) in [4.78, 5) is 20.9. The topological polar surface area (TPSA) is 61.3 Å². The Morgan fingerprint density at radius 3 is 2.85 bits per heavy atom. The third-order valence-electron chi connectivity index (χ3n) is 3.42. The first-order valence-electron chi connectivity index (χ1n) is 6.75. The first-order chi connectivity index (χ1) is 9.74. The predicted octanol–water partition coefficient (Wildman–Crippen LogP) is 2.69. The lowest BCUT2D eigenvalue weighted by molar-refractivity contribution is 0.0524. The van der Waals surface area contributed by atoms with Crippen LogP contribution in [-0.2, 0) is 4.74 Å². The van der Waals surface area contributed by atoms with E-state index in [9.17, 15) is 4.79 Å². The summed E-state index contributed by atoms with van der Waals surface area (Å²) < 4.78 is 10.3. The van der Waals surface area contributed by atoms with E-state index >= 15 is 0 Å². The number of aromatic nitrogens is 2. The number of esters is 1. The number of pyridine rings is 2. The van der Waals surface area contributed by atoms with Gasteiger partial charge in [-0.3, -0.25) is 4.98 Å². The summed E-state index contributed by atoms with van der Waals surface area (Å²) in [6.45, 7) is 2.15. The predicted molar refractivity (Wildman–Crippen MR) is 74.0 cm³/mol. The van der Waals surface area contributed by atoms with Gasteiger partial charge in [-0.2, -0.15) is 0 Å². The summed E-state index contributed by atoms with van der Waals surface area (Å²) in [5.74, 6) is 0.579. The molecule has 1 aliphatic carbocycles. The lowest BCUT2D eigenvalue weighted by Crippen LogP contribution is -2.09. The van der Waals surface area contributed by atoms with Crippen molar-refractivity contribution in [1.82, 2.24) is 9.97 Å². The van der Waals surface area contributed by atoms with Crippen molar-refractivity contribution in [2.75, 3.05) is 13.7 Å². The number of methoxy groups -OCH3 is 1. The Balaban J connectivity index is 2.20. The highest BCUT2D eigenvalue weighted by atomic mass is 16.5. The zero-order valence-corrected chi connectivity index (χ0v) is 11.5. The van der Waals surface area contributed by atoms with Gasteiger partial charge in [-0.25, -0.2) is 9.78 Å². The second-order valence-electron chi connectivity index (χ2n) is 4.80. The van der Waals surface area contributed by atoms with Crippen molar-refractivity contribution in [2.24, 2.45) is 0 Å². The normalized spacial score (nSPS) is 14.3. The van der Waals surface area contributed by atoms with E-state index in [0.717, 1.165) is 29.4 Å². The summed E-state index contributed by atoms with van der Waals surface area (Å²) in [6, 6.07) is 3.64. The van der Waals surface area contributed by atoms with E-state index < -0.39 is 0 Å². The molecule has 0 spiro atoms. The molecule has 5 heteroatoms. The fourth-order valence-corrected chi connectivity index (χ4v) is 2.34. The molecule has 0 atom stereocenters. The molecule has 5 nitrogen and oxygen atoms in total. The van der Waals surface area contributed by atoms with Crippen molar-refractivity contribution in [2.45, 2.75) is 25.7 Å². The number of fused-ring (bicyclic) bond motifs is 1. The highest BCUT2D eigenvalue weighted by Crippen LogP contribution is 2.44. The molecule has 0 aromatic carbocycles. The van der Waals surface area contributed by atoms with Gasteiger partial charge in [-0.15, -0.1) is 0 Å². The van der Waals surface area contributed by atoms with Crippen LogP contribution in [0.2, 0.25) is 0 Å². The monoisotopic (exact) mass is 272 g/mol. The van der Waals surface area contributed by atoms with Gasteiger partial charge in [0, 0.05) is 12.3 Å². The fraction of sp³-hybridized carbons (Fsp3) is 0.400. The molecule has 3 rings (SSSR count). The average molecular weight is 272 g/mol. The molecule has 0 N–H and O–H groups in total. The van der Waals surface area contributed by atoms with Gasteiger partial charge >= 0.3 is 5.97 Å². The van der Waals surface area contributed by atoms with E-state index in [1.807, 2.05) is 6.07 Å². The average Bonchev–Trinajstić information content (AvgIpc) is 3.30. The minimum absolute atomic E-state index is 0.326. The molecule has 0 radical (unpaired) electrons. The minimum atomic E-state index is -0.326. The first-order valence-corrected chi connectivity index (χ1v) is 6.75. The lowest BCUT2D eigenvalue weighted by Gasteiger charge is -2.11. The number of rotatable bonds is 4. The van der Waals surface area contributed by atoms with E-state index in [1.54, 1.807) is 26.3 Å². The molecule has 0 saturated heterocycles. The van der Waals surface area contributed by atoms with Gasteiger partial charge in [0.05, 0.1) is 30.3 Å². The maximum Gasteiger partial charge on any atom is 0.340 e. The Kier molecular flexibility index (Phi) is 3.26. The third-order valence-corrected chi connectivity index (χ3v) is 3.42. The van der Waals surface area contributed by atoms with E-state index in [4.69, 9.17) is 9.47 Å². The molecule has 1 aliphatic rings. The third kappa shape index (κ3) is 2.19. The quantitative estimate of drug-likeness (QED) is 0.801. The summed E-state index contributed by atoms with van der Waals surface area (Å²) in [7, 11) is 1.58. The Labute approximate surface area is 116 Å². The SMILES string of the molecule is CCOC(=O)c1cnc2ccc(OC)nc2c1C1CC1. The van der Waals surface area contributed by atoms with Gasteiger partial charge in [0.1, 0.15) is 0 Å². The molecular formula is C15H16N2O3. The Morgan fingerprint density at radius 2 is 2.20 bits per heavy atom. The smallest absolute Gasteiger partial charge is 0.340 e. The summed E-state index contributed by atoms with van der Waals surface area (Å²) in [5.41, 5.74) is 3.01. The molecule has 2 aromatic rings. The summed E-state index contributed by atoms with van der Waals surface area (Å²) in [5, 5.41) is 0. The van der Waals surface area contributed by atoms with E-state index in [2.05, 4.69) is 9.97 Å². The number of carbonyl (C=O) groups is 1. The number of nitrogens with zero attached hydrogens (tertiary/aromatic N) is 2. The number of carbonyl (C=O) groups excluding carboxylic acids is 1. The van der Waals surface area contributed by atoms with Crippen LogP contribution in [0.5, 0.6) is 5.88 Å². The van der Waals surface area contributed by atoms with E-state index in [1.165, 1.54) is 0 Å². The minimum Gasteiger partial charge on any atom is -0.481 e. The largest absolute Gasteiger partial charge is 0.481 e.